The van der Waals surface area contributed by atoms with E-state index in [1.165, 1.54) is 0 Å². The van der Waals surface area contributed by atoms with Gasteiger partial charge in [0, 0.05) is 17.3 Å². The molecule has 0 spiro atoms. The van der Waals surface area contributed by atoms with Gasteiger partial charge in [-0.2, -0.15) is 0 Å². The topological polar surface area (TPSA) is 139 Å². The molecule has 0 aliphatic carbocycles. The number of carbonyl (C=O) groups is 1. The van der Waals surface area contributed by atoms with Crippen molar-refractivity contribution >= 4 is 45.2 Å². The van der Waals surface area contributed by atoms with Crippen LogP contribution in [-0.2, 0) is 4.74 Å². The van der Waals surface area contributed by atoms with Gasteiger partial charge >= 0.3 is 6.09 Å². The average Bonchev–Trinajstić information content (AvgIpc) is 3.20. The third kappa shape index (κ3) is 4.98. The SMILES string of the molecule is Cc1nc(NC(C)c2cccc(NC(=N)OC(N)=O)c2)cc(-c2ccc3ncsc3c2)n1. The maximum Gasteiger partial charge on any atom is 0.412 e. The second-order valence-electron chi connectivity index (χ2n) is 7.09. The summed E-state index contributed by atoms with van der Waals surface area (Å²) in [6.45, 7) is 3.87. The second-order valence-corrected chi connectivity index (χ2v) is 7.97. The van der Waals surface area contributed by atoms with Crippen molar-refractivity contribution in [2.45, 2.75) is 19.9 Å². The molecule has 10 heteroatoms. The van der Waals surface area contributed by atoms with Crippen LogP contribution in [0, 0.1) is 12.3 Å². The van der Waals surface area contributed by atoms with E-state index in [1.54, 1.807) is 17.4 Å². The number of aromatic nitrogens is 3. The number of carbonyl (C=O) groups excluding carboxylic acids is 1. The number of amides is 1. The summed E-state index contributed by atoms with van der Waals surface area (Å²) in [6, 6.07) is 14.9. The number of anilines is 2. The lowest BCUT2D eigenvalue weighted by molar-refractivity contribution is 0.207. The first kappa shape index (κ1) is 21.2. The van der Waals surface area contributed by atoms with Gasteiger partial charge in [0.2, 0.25) is 0 Å². The van der Waals surface area contributed by atoms with E-state index in [4.69, 9.17) is 11.1 Å². The maximum absolute atomic E-state index is 10.8. The highest BCUT2D eigenvalue weighted by Gasteiger charge is 2.11. The fourth-order valence-electron chi connectivity index (χ4n) is 3.25. The number of nitrogens with two attached hydrogens (primary N) is 1. The molecule has 4 rings (SSSR count). The van der Waals surface area contributed by atoms with Crippen molar-refractivity contribution in [1.82, 2.24) is 15.0 Å². The summed E-state index contributed by atoms with van der Waals surface area (Å²) in [5.41, 5.74) is 11.1. The highest BCUT2D eigenvalue weighted by molar-refractivity contribution is 7.16. The first-order chi connectivity index (χ1) is 15.4. The van der Waals surface area contributed by atoms with Gasteiger partial charge < -0.3 is 21.1 Å². The summed E-state index contributed by atoms with van der Waals surface area (Å²) in [7, 11) is 0. The molecule has 0 saturated carbocycles. The number of hydrogen-bond donors (Lipinski definition) is 4. The number of rotatable bonds is 5. The van der Waals surface area contributed by atoms with Crippen LogP contribution in [0.15, 0.2) is 54.0 Å². The quantitative estimate of drug-likeness (QED) is 0.257. The van der Waals surface area contributed by atoms with Crippen LogP contribution in [0.5, 0.6) is 0 Å². The molecular formula is C22H21N7O2S. The minimum Gasteiger partial charge on any atom is -0.376 e. The molecule has 2 heterocycles. The Bertz CT molecular complexity index is 1300. The molecule has 5 N–H and O–H groups in total. The molecule has 1 atom stereocenters. The van der Waals surface area contributed by atoms with Gasteiger partial charge in [-0.25, -0.2) is 19.7 Å². The second kappa shape index (κ2) is 8.98. The van der Waals surface area contributed by atoms with E-state index in [-0.39, 0.29) is 6.04 Å². The number of benzene rings is 2. The standard InChI is InChI=1S/C22H21N7O2S/c1-12(14-4-3-5-16(8-14)29-21(23)31-22(24)30)26-20-10-18(27-13(2)28-20)15-6-7-17-19(9-15)32-11-25-17/h3-12H,1-2H3,(H2,23,29)(H2,24,30)(H,26,27,28). The van der Waals surface area contributed by atoms with Crippen LogP contribution in [0.4, 0.5) is 16.3 Å². The Balaban J connectivity index is 1.53. The molecule has 162 valence electrons. The van der Waals surface area contributed by atoms with Crippen LogP contribution in [0.25, 0.3) is 21.5 Å². The Hall–Kier alpha value is -4.05. The largest absolute Gasteiger partial charge is 0.412 e. The van der Waals surface area contributed by atoms with E-state index in [0.717, 1.165) is 27.0 Å². The van der Waals surface area contributed by atoms with Gasteiger partial charge in [-0.1, -0.05) is 18.2 Å². The number of nitrogens with one attached hydrogen (secondary N) is 3. The molecule has 0 bridgehead atoms. The summed E-state index contributed by atoms with van der Waals surface area (Å²) >= 11 is 1.60. The van der Waals surface area contributed by atoms with Crippen molar-refractivity contribution in [3.05, 3.63) is 65.4 Å². The molecule has 0 saturated heterocycles. The maximum atomic E-state index is 10.8. The van der Waals surface area contributed by atoms with E-state index in [1.807, 2.05) is 55.8 Å². The van der Waals surface area contributed by atoms with Crippen molar-refractivity contribution < 1.29 is 9.53 Å². The van der Waals surface area contributed by atoms with Gasteiger partial charge in [-0.3, -0.25) is 5.41 Å². The highest BCUT2D eigenvalue weighted by atomic mass is 32.1. The lowest BCUT2D eigenvalue weighted by Crippen LogP contribution is -2.23. The van der Waals surface area contributed by atoms with E-state index in [9.17, 15) is 4.79 Å². The number of thiazole rings is 1. The van der Waals surface area contributed by atoms with Crippen LogP contribution in [-0.4, -0.2) is 27.1 Å². The Morgan fingerprint density at radius 2 is 2.03 bits per heavy atom. The van der Waals surface area contributed by atoms with Gasteiger partial charge in [0.25, 0.3) is 6.02 Å². The van der Waals surface area contributed by atoms with Gasteiger partial charge in [0.15, 0.2) is 0 Å². The molecular weight excluding hydrogens is 426 g/mol. The molecule has 2 aromatic heterocycles. The molecule has 2 aromatic carbocycles. The van der Waals surface area contributed by atoms with Crippen molar-refractivity contribution in [1.29, 1.82) is 5.41 Å². The third-order valence-electron chi connectivity index (χ3n) is 4.68. The Morgan fingerprint density at radius 3 is 2.84 bits per heavy atom. The summed E-state index contributed by atoms with van der Waals surface area (Å²) in [4.78, 5) is 24.2. The lowest BCUT2D eigenvalue weighted by atomic mass is 10.1. The lowest BCUT2D eigenvalue weighted by Gasteiger charge is -2.17. The summed E-state index contributed by atoms with van der Waals surface area (Å²) in [6.07, 6.45) is -1.04. The zero-order chi connectivity index (χ0) is 22.7. The number of hydrogen-bond acceptors (Lipinski definition) is 8. The Morgan fingerprint density at radius 1 is 1.19 bits per heavy atom. The van der Waals surface area contributed by atoms with Gasteiger partial charge in [0.05, 0.1) is 27.5 Å². The minimum absolute atomic E-state index is 0.0888. The van der Waals surface area contributed by atoms with Gasteiger partial charge in [-0.05, 0) is 43.7 Å². The molecule has 1 amide bonds. The van der Waals surface area contributed by atoms with Crippen LogP contribution in [0.3, 0.4) is 0 Å². The van der Waals surface area contributed by atoms with E-state index >= 15 is 0 Å². The van der Waals surface area contributed by atoms with E-state index in [2.05, 4.69) is 36.4 Å². The van der Waals surface area contributed by atoms with Gasteiger partial charge in [0.1, 0.15) is 11.6 Å². The smallest absolute Gasteiger partial charge is 0.376 e. The van der Waals surface area contributed by atoms with Gasteiger partial charge in [-0.15, -0.1) is 11.3 Å². The van der Waals surface area contributed by atoms with Crippen LogP contribution in [0.1, 0.15) is 24.4 Å². The summed E-state index contributed by atoms with van der Waals surface area (Å²) < 4.78 is 5.62. The minimum atomic E-state index is -1.04. The molecule has 32 heavy (non-hydrogen) atoms. The highest BCUT2D eigenvalue weighted by Crippen LogP contribution is 2.28. The number of ether oxygens (including phenoxy) is 1. The molecule has 0 aliphatic heterocycles. The van der Waals surface area contributed by atoms with Crippen LogP contribution in [0.2, 0.25) is 0 Å². The predicted octanol–water partition coefficient (Wildman–Crippen LogP) is 4.68. The molecule has 1 unspecified atom stereocenters. The first-order valence-electron chi connectivity index (χ1n) is 9.76. The summed E-state index contributed by atoms with van der Waals surface area (Å²) in [5, 5.41) is 13.7. The normalized spacial score (nSPS) is 11.7. The van der Waals surface area contributed by atoms with Crippen molar-refractivity contribution in [3.63, 3.8) is 0 Å². The molecule has 0 radical (unpaired) electrons. The summed E-state index contributed by atoms with van der Waals surface area (Å²) in [5.74, 6) is 1.36. The Kier molecular flexibility index (Phi) is 5.95. The average molecular weight is 448 g/mol. The molecule has 0 aliphatic rings. The number of aryl methyl sites for hydroxylation is 1. The fourth-order valence-corrected chi connectivity index (χ4v) is 3.97. The number of primary amides is 1. The third-order valence-corrected chi connectivity index (χ3v) is 5.47. The molecule has 4 aromatic rings. The first-order valence-corrected chi connectivity index (χ1v) is 10.6. The molecule has 9 nitrogen and oxygen atoms in total. The predicted molar refractivity (Wildman–Crippen MR) is 126 cm³/mol. The zero-order valence-corrected chi connectivity index (χ0v) is 18.2. The number of amidine groups is 1. The van der Waals surface area contributed by atoms with E-state index < -0.39 is 12.1 Å². The Labute approximate surface area is 188 Å². The number of nitrogens with zero attached hydrogens (tertiary/aromatic N) is 3. The van der Waals surface area contributed by atoms with Crippen molar-refractivity contribution in [3.8, 4) is 11.3 Å². The fraction of sp³-hybridized carbons (Fsp3) is 0.136. The van der Waals surface area contributed by atoms with E-state index in [0.29, 0.717) is 17.3 Å². The zero-order valence-electron chi connectivity index (χ0n) is 17.4. The monoisotopic (exact) mass is 447 g/mol. The van der Waals surface area contributed by atoms with Crippen LogP contribution >= 0.6 is 11.3 Å². The van der Waals surface area contributed by atoms with Crippen LogP contribution < -0.4 is 16.4 Å². The molecule has 0 fully saturated rings. The van der Waals surface area contributed by atoms with Crippen molar-refractivity contribution in [2.75, 3.05) is 10.6 Å². The van der Waals surface area contributed by atoms with Crippen molar-refractivity contribution in [2.24, 2.45) is 5.73 Å². The number of fused-ring (bicyclic) bond motifs is 1.